The monoisotopic (exact) mass is 293 g/mol. The molecule has 1 heterocycles. The summed E-state index contributed by atoms with van der Waals surface area (Å²) in [7, 11) is 0. The van der Waals surface area contributed by atoms with Gasteiger partial charge in [-0.2, -0.15) is 0 Å². The Morgan fingerprint density at radius 2 is 2.14 bits per heavy atom. The number of hydrogen-bond donors (Lipinski definition) is 3. The molecule has 0 aliphatic carbocycles. The van der Waals surface area contributed by atoms with Crippen molar-refractivity contribution in [1.29, 1.82) is 0 Å². The largest absolute Gasteiger partial charge is 0.396 e. The van der Waals surface area contributed by atoms with Gasteiger partial charge in [0, 0.05) is 24.6 Å². The number of benzene rings is 1. The van der Waals surface area contributed by atoms with Gasteiger partial charge in [0.15, 0.2) is 0 Å². The lowest BCUT2D eigenvalue weighted by Crippen LogP contribution is -2.32. The van der Waals surface area contributed by atoms with E-state index in [2.05, 4.69) is 10.6 Å². The Kier molecular flexibility index (Phi) is 4.13. The van der Waals surface area contributed by atoms with Crippen molar-refractivity contribution in [2.24, 2.45) is 0 Å². The molecule has 7 nitrogen and oxygen atoms in total. The minimum atomic E-state index is -0.474. The molecule has 7 heteroatoms. The van der Waals surface area contributed by atoms with Gasteiger partial charge in [0.2, 0.25) is 5.91 Å². The van der Waals surface area contributed by atoms with E-state index in [1.54, 1.807) is 6.07 Å². The minimum absolute atomic E-state index is 0.00516. The molecule has 0 spiro atoms. The summed E-state index contributed by atoms with van der Waals surface area (Å²) in [5.41, 5.74) is 1.24. The van der Waals surface area contributed by atoms with Crippen LogP contribution in [0.25, 0.3) is 0 Å². The van der Waals surface area contributed by atoms with E-state index >= 15 is 0 Å². The number of carbonyl (C=O) groups is 1. The highest BCUT2D eigenvalue weighted by atomic mass is 16.6. The quantitative estimate of drug-likeness (QED) is 0.569. The van der Waals surface area contributed by atoms with Crippen LogP contribution in [-0.4, -0.2) is 28.1 Å². The fourth-order valence-corrected chi connectivity index (χ4v) is 2.37. The zero-order chi connectivity index (χ0) is 15.6. The lowest BCUT2D eigenvalue weighted by atomic mass is 9.97. The van der Waals surface area contributed by atoms with E-state index < -0.39 is 10.5 Å². The molecule has 1 aliphatic heterocycles. The van der Waals surface area contributed by atoms with E-state index in [-0.39, 0.29) is 18.2 Å². The van der Waals surface area contributed by atoms with Gasteiger partial charge in [-0.1, -0.05) is 0 Å². The van der Waals surface area contributed by atoms with Crippen LogP contribution in [0.5, 0.6) is 0 Å². The Bertz CT molecular complexity index is 584. The summed E-state index contributed by atoms with van der Waals surface area (Å²) in [5, 5.41) is 26.1. The zero-order valence-electron chi connectivity index (χ0n) is 12.1. The standard InChI is InChI=1S/C14H19N3O4/c1-14(2,5-6-18)16-11-7-9-3-4-13(19)15-10(9)8-12(11)17(20)21/h7-8,16,18H,3-6H2,1-2H3,(H,15,19). The average Bonchev–Trinajstić information content (AvgIpc) is 2.37. The maximum Gasteiger partial charge on any atom is 0.294 e. The van der Waals surface area contributed by atoms with Gasteiger partial charge in [0.1, 0.15) is 5.69 Å². The van der Waals surface area contributed by atoms with Gasteiger partial charge in [-0.25, -0.2) is 0 Å². The SMILES string of the molecule is CC(C)(CCO)Nc1cc2c(cc1[N+](=O)[O-])NC(=O)CC2. The van der Waals surface area contributed by atoms with E-state index in [0.717, 1.165) is 5.56 Å². The second-order valence-electron chi connectivity index (χ2n) is 5.81. The van der Waals surface area contributed by atoms with Crippen molar-refractivity contribution in [1.82, 2.24) is 0 Å². The number of aryl methyl sites for hydroxylation is 1. The van der Waals surface area contributed by atoms with Gasteiger partial charge < -0.3 is 15.7 Å². The highest BCUT2D eigenvalue weighted by Crippen LogP contribution is 2.35. The molecule has 0 saturated carbocycles. The van der Waals surface area contributed by atoms with Crippen molar-refractivity contribution in [2.75, 3.05) is 17.2 Å². The number of nitro groups is 1. The molecule has 2 rings (SSSR count). The molecule has 1 amide bonds. The van der Waals surface area contributed by atoms with Gasteiger partial charge in [-0.15, -0.1) is 0 Å². The lowest BCUT2D eigenvalue weighted by Gasteiger charge is -2.27. The van der Waals surface area contributed by atoms with Gasteiger partial charge in [-0.05, 0) is 38.3 Å². The third-order valence-electron chi connectivity index (χ3n) is 3.52. The highest BCUT2D eigenvalue weighted by Gasteiger charge is 2.26. The molecule has 0 aromatic heterocycles. The number of nitrogens with one attached hydrogen (secondary N) is 2. The van der Waals surface area contributed by atoms with E-state index in [1.807, 2.05) is 13.8 Å². The Morgan fingerprint density at radius 1 is 1.43 bits per heavy atom. The smallest absolute Gasteiger partial charge is 0.294 e. The molecule has 0 bridgehead atoms. The predicted octanol–water partition coefficient (Wildman–Crippen LogP) is 2.05. The summed E-state index contributed by atoms with van der Waals surface area (Å²) in [4.78, 5) is 22.1. The molecule has 21 heavy (non-hydrogen) atoms. The molecule has 3 N–H and O–H groups in total. The van der Waals surface area contributed by atoms with Gasteiger partial charge >= 0.3 is 0 Å². The maximum atomic E-state index is 11.4. The second kappa shape index (κ2) is 5.69. The molecule has 0 fully saturated rings. The van der Waals surface area contributed by atoms with Crippen LogP contribution in [0.1, 0.15) is 32.3 Å². The number of aliphatic hydroxyl groups is 1. The number of carbonyl (C=O) groups excluding carboxylic acids is 1. The molecule has 0 radical (unpaired) electrons. The zero-order valence-corrected chi connectivity index (χ0v) is 12.1. The van der Waals surface area contributed by atoms with Crippen molar-refractivity contribution in [3.8, 4) is 0 Å². The third-order valence-corrected chi connectivity index (χ3v) is 3.52. The second-order valence-corrected chi connectivity index (χ2v) is 5.81. The van der Waals surface area contributed by atoms with E-state index in [4.69, 9.17) is 5.11 Å². The molecule has 0 atom stereocenters. The minimum Gasteiger partial charge on any atom is -0.396 e. The summed E-state index contributed by atoms with van der Waals surface area (Å²) < 4.78 is 0. The summed E-state index contributed by atoms with van der Waals surface area (Å²) in [6.07, 6.45) is 1.41. The van der Waals surface area contributed by atoms with Crippen LogP contribution in [0, 0.1) is 10.1 Å². The molecule has 0 saturated heterocycles. The molecule has 1 aromatic rings. The van der Waals surface area contributed by atoms with Crippen molar-refractivity contribution in [2.45, 2.75) is 38.6 Å². The van der Waals surface area contributed by atoms with Crippen LogP contribution >= 0.6 is 0 Å². The summed E-state index contributed by atoms with van der Waals surface area (Å²) >= 11 is 0. The van der Waals surface area contributed by atoms with Gasteiger partial charge in [0.05, 0.1) is 10.6 Å². The normalized spacial score (nSPS) is 14.3. The molecule has 1 aliphatic rings. The Morgan fingerprint density at radius 3 is 2.76 bits per heavy atom. The number of aliphatic hydroxyl groups excluding tert-OH is 1. The van der Waals surface area contributed by atoms with Crippen LogP contribution in [0.15, 0.2) is 12.1 Å². The number of hydrogen-bond acceptors (Lipinski definition) is 5. The number of fused-ring (bicyclic) bond motifs is 1. The Balaban J connectivity index is 2.40. The first kappa shape index (κ1) is 15.2. The molecular formula is C14H19N3O4. The summed E-state index contributed by atoms with van der Waals surface area (Å²) in [5.74, 6) is -0.127. The number of rotatable bonds is 5. The first-order chi connectivity index (χ1) is 9.82. The van der Waals surface area contributed by atoms with E-state index in [0.29, 0.717) is 30.6 Å². The third kappa shape index (κ3) is 3.49. The maximum absolute atomic E-state index is 11.4. The van der Waals surface area contributed by atoms with Gasteiger partial charge in [0.25, 0.3) is 5.69 Å². The fraction of sp³-hybridized carbons (Fsp3) is 0.500. The van der Waals surface area contributed by atoms with Crippen LogP contribution in [0.4, 0.5) is 17.1 Å². The van der Waals surface area contributed by atoms with Crippen LogP contribution in [0.3, 0.4) is 0 Å². The topological polar surface area (TPSA) is 104 Å². The molecule has 114 valence electrons. The van der Waals surface area contributed by atoms with Crippen LogP contribution in [-0.2, 0) is 11.2 Å². The summed E-state index contributed by atoms with van der Waals surface area (Å²) in [6, 6.07) is 3.11. The first-order valence-electron chi connectivity index (χ1n) is 6.82. The number of anilines is 2. The summed E-state index contributed by atoms with van der Waals surface area (Å²) in [6.45, 7) is 3.73. The van der Waals surface area contributed by atoms with Gasteiger partial charge in [-0.3, -0.25) is 14.9 Å². The van der Waals surface area contributed by atoms with Crippen molar-refractivity contribution >= 4 is 23.0 Å². The van der Waals surface area contributed by atoms with Crippen molar-refractivity contribution < 1.29 is 14.8 Å². The van der Waals surface area contributed by atoms with Crippen molar-refractivity contribution in [3.63, 3.8) is 0 Å². The van der Waals surface area contributed by atoms with Crippen molar-refractivity contribution in [3.05, 3.63) is 27.8 Å². The van der Waals surface area contributed by atoms with Crippen LogP contribution in [0.2, 0.25) is 0 Å². The molecule has 0 unspecified atom stereocenters. The lowest BCUT2D eigenvalue weighted by molar-refractivity contribution is -0.383. The Hall–Kier alpha value is -2.15. The number of nitro benzene ring substituents is 1. The predicted molar refractivity (Wildman–Crippen MR) is 79.5 cm³/mol. The Labute approximate surface area is 122 Å². The van der Waals surface area contributed by atoms with E-state index in [9.17, 15) is 14.9 Å². The molecular weight excluding hydrogens is 274 g/mol. The first-order valence-corrected chi connectivity index (χ1v) is 6.82. The van der Waals surface area contributed by atoms with E-state index in [1.165, 1.54) is 6.07 Å². The molecule has 1 aromatic carbocycles. The number of nitrogens with zero attached hydrogens (tertiary/aromatic N) is 1. The average molecular weight is 293 g/mol. The fourth-order valence-electron chi connectivity index (χ4n) is 2.37. The number of amides is 1. The highest BCUT2D eigenvalue weighted by molar-refractivity contribution is 5.95. The van der Waals surface area contributed by atoms with Crippen LogP contribution < -0.4 is 10.6 Å².